The smallest absolute Gasteiger partial charge is 0.235 e. The minimum Gasteiger partial charge on any atom is -0.313 e. The lowest BCUT2D eigenvalue weighted by Crippen LogP contribution is -2.03. The quantitative estimate of drug-likeness (QED) is 0.184. The van der Waals surface area contributed by atoms with Crippen molar-refractivity contribution in [2.45, 2.75) is 26.7 Å². The fourth-order valence-corrected chi connectivity index (χ4v) is 8.92. The number of aromatic nitrogens is 4. The molecule has 1 aliphatic rings. The maximum absolute atomic E-state index is 5.40. The monoisotopic (exact) mass is 692 g/mol. The molecule has 0 saturated heterocycles. The Hall–Kier alpha value is -6.78. The molecule has 0 amide bonds. The molecule has 0 unspecified atom stereocenters. The topological polar surface area (TPSA) is 35.6 Å². The Morgan fingerprint density at radius 1 is 0.500 bits per heavy atom. The van der Waals surface area contributed by atoms with Gasteiger partial charge in [0.25, 0.3) is 0 Å². The van der Waals surface area contributed by atoms with Crippen molar-refractivity contribution in [1.29, 1.82) is 0 Å². The number of rotatable bonds is 4. The first-order valence-corrected chi connectivity index (χ1v) is 18.8. The van der Waals surface area contributed by atoms with Crippen LogP contribution in [0.1, 0.15) is 24.0 Å². The van der Waals surface area contributed by atoms with Crippen molar-refractivity contribution in [3.05, 3.63) is 169 Å². The van der Waals surface area contributed by atoms with E-state index in [4.69, 9.17) is 9.97 Å². The van der Waals surface area contributed by atoms with E-state index in [2.05, 4.69) is 181 Å². The van der Waals surface area contributed by atoms with Crippen LogP contribution in [0.25, 0.3) is 99.3 Å². The van der Waals surface area contributed by atoms with Gasteiger partial charge in [-0.15, -0.1) is 0 Å². The highest BCUT2D eigenvalue weighted by atomic mass is 15.2. The van der Waals surface area contributed by atoms with Gasteiger partial charge in [-0.25, -0.2) is 9.97 Å². The van der Waals surface area contributed by atoms with Crippen molar-refractivity contribution in [2.75, 3.05) is 0 Å². The summed E-state index contributed by atoms with van der Waals surface area (Å²) in [4.78, 5) is 10.7. The summed E-state index contributed by atoms with van der Waals surface area (Å²) in [6, 6.07) is 50.9. The molecular formula is C50H36N4. The third kappa shape index (κ3) is 4.70. The number of hydrogen-bond acceptors (Lipinski definition) is 2. The predicted molar refractivity (Wildman–Crippen MR) is 227 cm³/mol. The van der Waals surface area contributed by atoms with Crippen LogP contribution in [-0.4, -0.2) is 19.1 Å². The van der Waals surface area contributed by atoms with Gasteiger partial charge in [0.15, 0.2) is 0 Å². The lowest BCUT2D eigenvalue weighted by atomic mass is 9.99. The van der Waals surface area contributed by atoms with Crippen LogP contribution in [0.3, 0.4) is 0 Å². The summed E-state index contributed by atoms with van der Waals surface area (Å²) in [6.45, 7) is 4.30. The van der Waals surface area contributed by atoms with E-state index in [1.807, 2.05) is 0 Å². The highest BCUT2D eigenvalue weighted by Crippen LogP contribution is 2.41. The third-order valence-corrected chi connectivity index (χ3v) is 11.2. The number of nitrogens with zero attached hydrogens (tertiary/aromatic N) is 4. The SMILES string of the molecule is Cc1cc(C)cc(-c2nc(-n3c4ccc(-c5ccc6c(c5)c5ccccc5n6C5=CC=CCC5)cc4c4c5ccccc5ccc43)nc3ccccc23)c1. The molecule has 3 heterocycles. The molecule has 4 heteroatoms. The first kappa shape index (κ1) is 30.8. The van der Waals surface area contributed by atoms with Crippen LogP contribution in [0.15, 0.2) is 158 Å². The Morgan fingerprint density at radius 2 is 1.17 bits per heavy atom. The van der Waals surface area contributed by atoms with Crippen molar-refractivity contribution >= 4 is 71.0 Å². The summed E-state index contributed by atoms with van der Waals surface area (Å²) in [6.07, 6.45) is 8.81. The van der Waals surface area contributed by atoms with E-state index < -0.39 is 0 Å². The van der Waals surface area contributed by atoms with E-state index in [9.17, 15) is 0 Å². The van der Waals surface area contributed by atoms with Gasteiger partial charge in [0.05, 0.1) is 33.3 Å². The van der Waals surface area contributed by atoms with E-state index in [-0.39, 0.29) is 0 Å². The molecule has 0 aliphatic heterocycles. The van der Waals surface area contributed by atoms with Gasteiger partial charge in [-0.05, 0) is 109 Å². The largest absolute Gasteiger partial charge is 0.313 e. The molecule has 10 aromatic rings. The Bertz CT molecular complexity index is 3220. The average molecular weight is 693 g/mol. The van der Waals surface area contributed by atoms with Crippen molar-refractivity contribution in [1.82, 2.24) is 19.1 Å². The second-order valence-electron chi connectivity index (χ2n) is 14.7. The van der Waals surface area contributed by atoms with E-state index in [0.717, 1.165) is 46.0 Å². The molecule has 4 nitrogen and oxygen atoms in total. The van der Waals surface area contributed by atoms with E-state index in [1.54, 1.807) is 0 Å². The van der Waals surface area contributed by atoms with Crippen molar-refractivity contribution < 1.29 is 0 Å². The number of fused-ring (bicyclic) bond motifs is 9. The van der Waals surface area contributed by atoms with Gasteiger partial charge in [0.2, 0.25) is 5.95 Å². The summed E-state index contributed by atoms with van der Waals surface area (Å²) < 4.78 is 4.72. The summed E-state index contributed by atoms with van der Waals surface area (Å²) in [5, 5.41) is 8.44. The predicted octanol–water partition coefficient (Wildman–Crippen LogP) is 13.1. The molecule has 54 heavy (non-hydrogen) atoms. The molecule has 0 spiro atoms. The lowest BCUT2D eigenvalue weighted by molar-refractivity contribution is 0.979. The standard InChI is InChI=1S/C50H36N4/c1-31-26-32(2)28-36(27-31)49-40-17-8-10-18-43(40)51-50(52-49)54-46-24-22-35(30-42(46)48-38-15-7-6-12-33(38)20-25-47(48)54)34-21-23-45-41(29-34)39-16-9-11-19-44(39)53(45)37-13-4-3-5-14-37/h3-4,6-13,15-30H,5,14H2,1-2H3. The van der Waals surface area contributed by atoms with Crippen LogP contribution in [0.2, 0.25) is 0 Å². The number of aryl methyl sites for hydroxylation is 2. The number of hydrogen-bond donors (Lipinski definition) is 0. The van der Waals surface area contributed by atoms with Crippen LogP contribution < -0.4 is 0 Å². The summed E-state index contributed by atoms with van der Waals surface area (Å²) in [7, 11) is 0. The second-order valence-corrected chi connectivity index (χ2v) is 14.7. The van der Waals surface area contributed by atoms with Crippen molar-refractivity contribution in [3.63, 3.8) is 0 Å². The summed E-state index contributed by atoms with van der Waals surface area (Å²) in [5.41, 5.74) is 13.8. The number of para-hydroxylation sites is 2. The van der Waals surface area contributed by atoms with Crippen molar-refractivity contribution in [2.24, 2.45) is 0 Å². The van der Waals surface area contributed by atoms with Crippen molar-refractivity contribution in [3.8, 4) is 28.3 Å². The van der Waals surface area contributed by atoms with Gasteiger partial charge in [0, 0.05) is 38.2 Å². The first-order valence-electron chi connectivity index (χ1n) is 18.8. The Kier molecular flexibility index (Phi) is 6.77. The van der Waals surface area contributed by atoms with E-state index in [1.165, 1.54) is 71.3 Å². The highest BCUT2D eigenvalue weighted by molar-refractivity contribution is 6.22. The molecule has 0 N–H and O–H groups in total. The minimum atomic E-state index is 0.673. The third-order valence-electron chi connectivity index (χ3n) is 11.2. The van der Waals surface area contributed by atoms with Crippen LogP contribution >= 0.6 is 0 Å². The summed E-state index contributed by atoms with van der Waals surface area (Å²) >= 11 is 0. The van der Waals surface area contributed by atoms with E-state index >= 15 is 0 Å². The molecule has 0 saturated carbocycles. The lowest BCUT2D eigenvalue weighted by Gasteiger charge is -2.14. The minimum absolute atomic E-state index is 0.673. The van der Waals surface area contributed by atoms with Crippen LogP contribution in [-0.2, 0) is 0 Å². The number of benzene rings is 7. The van der Waals surface area contributed by atoms with Crippen LogP contribution in [0.4, 0.5) is 0 Å². The Morgan fingerprint density at radius 3 is 1.96 bits per heavy atom. The maximum atomic E-state index is 5.40. The molecule has 0 atom stereocenters. The Labute approximate surface area is 313 Å². The highest BCUT2D eigenvalue weighted by Gasteiger charge is 2.21. The molecule has 1 aliphatic carbocycles. The Balaban J connectivity index is 1.17. The van der Waals surface area contributed by atoms with E-state index in [0.29, 0.717) is 5.95 Å². The maximum Gasteiger partial charge on any atom is 0.235 e. The molecule has 11 rings (SSSR count). The van der Waals surface area contributed by atoms with Crippen LogP contribution in [0.5, 0.6) is 0 Å². The molecule has 7 aromatic carbocycles. The molecule has 3 aromatic heterocycles. The summed E-state index contributed by atoms with van der Waals surface area (Å²) in [5.74, 6) is 0.673. The molecule has 0 fully saturated rings. The van der Waals surface area contributed by atoms with Crippen LogP contribution in [0, 0.1) is 13.8 Å². The molecule has 256 valence electrons. The van der Waals surface area contributed by atoms with Gasteiger partial charge in [-0.1, -0.05) is 108 Å². The van der Waals surface area contributed by atoms with Gasteiger partial charge in [-0.3, -0.25) is 4.57 Å². The molecular weight excluding hydrogens is 657 g/mol. The van der Waals surface area contributed by atoms with Gasteiger partial charge < -0.3 is 4.57 Å². The zero-order chi connectivity index (χ0) is 35.9. The zero-order valence-electron chi connectivity index (χ0n) is 30.2. The van der Waals surface area contributed by atoms with Gasteiger partial charge in [-0.2, -0.15) is 0 Å². The fraction of sp³-hybridized carbons (Fsp3) is 0.0800. The molecule has 0 radical (unpaired) electrons. The first-order chi connectivity index (χ1) is 26.6. The molecule has 0 bridgehead atoms. The number of allylic oxidation sites excluding steroid dienone is 4. The average Bonchev–Trinajstić information content (AvgIpc) is 3.73. The zero-order valence-corrected chi connectivity index (χ0v) is 30.2. The van der Waals surface area contributed by atoms with Gasteiger partial charge in [0.1, 0.15) is 0 Å². The van der Waals surface area contributed by atoms with Gasteiger partial charge >= 0.3 is 0 Å². The fourth-order valence-electron chi connectivity index (χ4n) is 8.92. The second kappa shape index (κ2) is 11.9. The normalized spacial score (nSPS) is 13.3.